The van der Waals surface area contributed by atoms with Crippen LogP contribution in [0.5, 0.6) is 0 Å². The second kappa shape index (κ2) is 6.50. The Hall–Kier alpha value is -0.420. The molecular formula is C7H15F3N2O4S. The van der Waals surface area contributed by atoms with Gasteiger partial charge in [-0.3, -0.25) is 0 Å². The van der Waals surface area contributed by atoms with Crippen LogP contribution in [0.1, 0.15) is 0 Å². The molecule has 0 aromatic rings. The number of hydrogen-bond acceptors (Lipinski definition) is 4. The van der Waals surface area contributed by atoms with Crippen molar-refractivity contribution in [2.75, 3.05) is 33.9 Å². The molecule has 17 heavy (non-hydrogen) atoms. The number of ether oxygens (including phenoxy) is 1. The fraction of sp³-hybridized carbons (Fsp3) is 1.00. The zero-order chi connectivity index (χ0) is 13.7. The van der Waals surface area contributed by atoms with E-state index in [1.165, 1.54) is 11.8 Å². The molecule has 1 atom stereocenters. The van der Waals surface area contributed by atoms with Crippen LogP contribution in [-0.4, -0.2) is 64.0 Å². The number of aliphatic hydroxyl groups excluding tert-OH is 1. The number of likely N-dealkylation sites (N-methyl/N-ethyl adjacent to an activating group) is 1. The zero-order valence-electron chi connectivity index (χ0n) is 9.36. The van der Waals surface area contributed by atoms with Crippen molar-refractivity contribution in [3.8, 4) is 0 Å². The van der Waals surface area contributed by atoms with Crippen molar-refractivity contribution >= 4 is 10.2 Å². The third kappa shape index (κ3) is 7.49. The first-order chi connectivity index (χ1) is 7.58. The van der Waals surface area contributed by atoms with Crippen LogP contribution in [0, 0.1) is 0 Å². The molecular weight excluding hydrogens is 265 g/mol. The van der Waals surface area contributed by atoms with Gasteiger partial charge in [0, 0.05) is 20.7 Å². The summed E-state index contributed by atoms with van der Waals surface area (Å²) >= 11 is 0. The van der Waals surface area contributed by atoms with Crippen molar-refractivity contribution < 1.29 is 31.4 Å². The predicted molar refractivity (Wildman–Crippen MR) is 53.5 cm³/mol. The van der Waals surface area contributed by atoms with E-state index in [-0.39, 0.29) is 13.2 Å². The highest BCUT2D eigenvalue weighted by Gasteiger charge is 2.31. The number of aliphatic hydroxyl groups is 1. The number of alkyl halides is 3. The molecule has 0 saturated carbocycles. The van der Waals surface area contributed by atoms with Crippen LogP contribution < -0.4 is 4.72 Å². The van der Waals surface area contributed by atoms with Crippen molar-refractivity contribution in [3.05, 3.63) is 0 Å². The highest BCUT2D eigenvalue weighted by Crippen LogP contribution is 2.13. The van der Waals surface area contributed by atoms with Gasteiger partial charge in [0.15, 0.2) is 0 Å². The normalized spacial score (nSPS) is 15.2. The molecule has 0 saturated heterocycles. The molecule has 0 heterocycles. The number of nitrogens with one attached hydrogen (secondary N) is 1. The standard InChI is InChI=1S/C7H15F3N2O4S/c1-12(3-6(13)4-16-2)17(14,15)11-5-7(8,9)10/h6,11,13H,3-5H2,1-2H3. The molecule has 0 aliphatic rings. The fourth-order valence-corrected chi connectivity index (χ4v) is 1.86. The number of methoxy groups -OCH3 is 1. The molecule has 0 aliphatic carbocycles. The summed E-state index contributed by atoms with van der Waals surface area (Å²) in [6.07, 6.45) is -5.73. The van der Waals surface area contributed by atoms with E-state index in [9.17, 15) is 26.7 Å². The molecule has 2 N–H and O–H groups in total. The minimum atomic E-state index is -4.63. The Balaban J connectivity index is 4.31. The largest absolute Gasteiger partial charge is 0.402 e. The third-order valence-corrected chi connectivity index (χ3v) is 3.17. The summed E-state index contributed by atoms with van der Waals surface area (Å²) in [4.78, 5) is 0. The third-order valence-electron chi connectivity index (χ3n) is 1.69. The number of halogens is 3. The molecule has 0 aromatic carbocycles. The van der Waals surface area contributed by atoms with E-state index in [2.05, 4.69) is 4.74 Å². The van der Waals surface area contributed by atoms with Gasteiger partial charge in [-0.05, 0) is 0 Å². The summed E-state index contributed by atoms with van der Waals surface area (Å²) < 4.78 is 64.5. The van der Waals surface area contributed by atoms with Crippen LogP contribution in [0.25, 0.3) is 0 Å². The maximum absolute atomic E-state index is 11.8. The van der Waals surface area contributed by atoms with Crippen molar-refractivity contribution in [1.29, 1.82) is 0 Å². The lowest BCUT2D eigenvalue weighted by Crippen LogP contribution is -2.45. The van der Waals surface area contributed by atoms with Crippen LogP contribution in [0.3, 0.4) is 0 Å². The van der Waals surface area contributed by atoms with E-state index < -0.39 is 29.0 Å². The fourth-order valence-electron chi connectivity index (χ4n) is 0.923. The zero-order valence-corrected chi connectivity index (χ0v) is 10.2. The molecule has 10 heteroatoms. The van der Waals surface area contributed by atoms with Gasteiger partial charge in [-0.15, -0.1) is 0 Å². The van der Waals surface area contributed by atoms with Gasteiger partial charge in [0.05, 0.1) is 12.7 Å². The van der Waals surface area contributed by atoms with Crippen molar-refractivity contribution in [2.45, 2.75) is 12.3 Å². The Labute approximate surface area is 97.5 Å². The van der Waals surface area contributed by atoms with Gasteiger partial charge in [0.1, 0.15) is 6.54 Å². The van der Waals surface area contributed by atoms with Gasteiger partial charge in [0.25, 0.3) is 10.2 Å². The van der Waals surface area contributed by atoms with Gasteiger partial charge in [-0.25, -0.2) is 0 Å². The van der Waals surface area contributed by atoms with Crippen LogP contribution in [-0.2, 0) is 14.9 Å². The Bertz CT molecular complexity index is 320. The lowest BCUT2D eigenvalue weighted by molar-refractivity contribution is -0.121. The molecule has 0 fully saturated rings. The second-order valence-electron chi connectivity index (χ2n) is 3.33. The molecule has 0 bridgehead atoms. The Morgan fingerprint density at radius 3 is 2.41 bits per heavy atom. The summed E-state index contributed by atoms with van der Waals surface area (Å²) in [5.41, 5.74) is 0. The van der Waals surface area contributed by atoms with Gasteiger partial charge in [-0.1, -0.05) is 0 Å². The van der Waals surface area contributed by atoms with Crippen LogP contribution >= 0.6 is 0 Å². The van der Waals surface area contributed by atoms with Gasteiger partial charge in [0.2, 0.25) is 0 Å². The summed E-state index contributed by atoms with van der Waals surface area (Å²) in [6, 6.07) is 0. The van der Waals surface area contributed by atoms with E-state index >= 15 is 0 Å². The quantitative estimate of drug-likeness (QED) is 0.648. The lowest BCUT2D eigenvalue weighted by atomic mass is 10.4. The first-order valence-electron chi connectivity index (χ1n) is 4.53. The summed E-state index contributed by atoms with van der Waals surface area (Å²) in [5, 5.41) is 9.23. The van der Waals surface area contributed by atoms with Gasteiger partial charge < -0.3 is 9.84 Å². The Morgan fingerprint density at radius 1 is 1.47 bits per heavy atom. The smallest absolute Gasteiger partial charge is 0.389 e. The Morgan fingerprint density at radius 2 is 2.00 bits per heavy atom. The molecule has 104 valence electrons. The number of rotatable bonds is 7. The summed E-state index contributed by atoms with van der Waals surface area (Å²) in [7, 11) is -1.90. The predicted octanol–water partition coefficient (Wildman–Crippen LogP) is -0.678. The number of nitrogens with zero attached hydrogens (tertiary/aromatic N) is 1. The average molecular weight is 280 g/mol. The first kappa shape index (κ1) is 16.6. The maximum atomic E-state index is 11.8. The van der Waals surface area contributed by atoms with Crippen molar-refractivity contribution in [3.63, 3.8) is 0 Å². The summed E-state index contributed by atoms with van der Waals surface area (Å²) in [5.74, 6) is 0. The van der Waals surface area contributed by atoms with Gasteiger partial charge >= 0.3 is 6.18 Å². The highest BCUT2D eigenvalue weighted by atomic mass is 32.2. The maximum Gasteiger partial charge on any atom is 0.402 e. The summed E-state index contributed by atoms with van der Waals surface area (Å²) in [6.45, 7) is -2.12. The minimum Gasteiger partial charge on any atom is -0.389 e. The first-order valence-corrected chi connectivity index (χ1v) is 5.97. The lowest BCUT2D eigenvalue weighted by Gasteiger charge is -2.20. The SMILES string of the molecule is COCC(O)CN(C)S(=O)(=O)NCC(F)(F)F. The van der Waals surface area contributed by atoms with E-state index in [1.807, 2.05) is 0 Å². The van der Waals surface area contributed by atoms with Crippen molar-refractivity contribution in [1.82, 2.24) is 9.03 Å². The van der Waals surface area contributed by atoms with Crippen LogP contribution in [0.2, 0.25) is 0 Å². The second-order valence-corrected chi connectivity index (χ2v) is 5.19. The van der Waals surface area contributed by atoms with Crippen molar-refractivity contribution in [2.24, 2.45) is 0 Å². The molecule has 0 radical (unpaired) electrons. The molecule has 0 aliphatic heterocycles. The molecule has 1 unspecified atom stereocenters. The van der Waals surface area contributed by atoms with E-state index in [0.717, 1.165) is 7.05 Å². The molecule has 0 aromatic heterocycles. The van der Waals surface area contributed by atoms with Gasteiger partial charge in [-0.2, -0.15) is 30.6 Å². The topological polar surface area (TPSA) is 78.9 Å². The average Bonchev–Trinajstić information content (AvgIpc) is 2.14. The van der Waals surface area contributed by atoms with Crippen LogP contribution in [0.4, 0.5) is 13.2 Å². The van der Waals surface area contributed by atoms with Crippen LogP contribution in [0.15, 0.2) is 0 Å². The van der Waals surface area contributed by atoms with E-state index in [1.54, 1.807) is 0 Å². The molecule has 0 rings (SSSR count). The monoisotopic (exact) mass is 280 g/mol. The number of hydrogen-bond donors (Lipinski definition) is 2. The van der Waals surface area contributed by atoms with E-state index in [4.69, 9.17) is 0 Å². The highest BCUT2D eigenvalue weighted by molar-refractivity contribution is 7.87. The Kier molecular flexibility index (Phi) is 6.34. The minimum absolute atomic E-state index is 0.112. The van der Waals surface area contributed by atoms with E-state index in [0.29, 0.717) is 4.31 Å². The molecule has 6 nitrogen and oxygen atoms in total. The molecule has 0 spiro atoms. The molecule has 0 amide bonds.